The molecule has 0 radical (unpaired) electrons. The first-order valence-electron chi connectivity index (χ1n) is 12.1. The van der Waals surface area contributed by atoms with Crippen molar-refractivity contribution in [2.45, 2.75) is 76.6 Å². The van der Waals surface area contributed by atoms with Gasteiger partial charge in [0, 0.05) is 0 Å². The van der Waals surface area contributed by atoms with Gasteiger partial charge in [-0.25, -0.2) is 4.57 Å². The summed E-state index contributed by atoms with van der Waals surface area (Å²) >= 11 is 0. The first-order valence-corrected chi connectivity index (χ1v) is 13.5. The molecule has 2 aromatic rings. The number of benzene rings is 2. The maximum Gasteiger partial charge on any atom is 0.475 e. The van der Waals surface area contributed by atoms with E-state index < -0.39 is 43.5 Å². The molecule has 3 fully saturated rings. The molecule has 0 bridgehead atoms. The highest BCUT2D eigenvalue weighted by molar-refractivity contribution is 7.48. The van der Waals surface area contributed by atoms with Gasteiger partial charge in [0.1, 0.15) is 24.9 Å². The molecule has 4 atom stereocenters. The number of ether oxygens (including phenoxy) is 5. The second-order valence-electron chi connectivity index (χ2n) is 10.0. The Morgan fingerprint density at radius 3 is 1.92 bits per heavy atom. The SMILES string of the molecule is CC1(C)O[C@H]2[C@@H](COP(=O)(OCc3ccccc3)OCc3ccccc3)O[C@@]3(COC(C)(C)O3)[C@H]2O1. The highest BCUT2D eigenvalue weighted by Gasteiger charge is 2.68. The average molecular weight is 521 g/mol. The molecule has 36 heavy (non-hydrogen) atoms. The molecule has 0 saturated carbocycles. The van der Waals surface area contributed by atoms with Crippen molar-refractivity contribution in [2.75, 3.05) is 13.2 Å². The minimum absolute atomic E-state index is 0.0617. The highest BCUT2D eigenvalue weighted by atomic mass is 31.2. The molecule has 3 saturated heterocycles. The largest absolute Gasteiger partial charge is 0.475 e. The number of phosphoric ester groups is 1. The molecule has 5 rings (SSSR count). The van der Waals surface area contributed by atoms with Crippen LogP contribution in [0.4, 0.5) is 0 Å². The van der Waals surface area contributed by atoms with E-state index in [1.807, 2.05) is 88.4 Å². The summed E-state index contributed by atoms with van der Waals surface area (Å²) in [6.07, 6.45) is -1.71. The highest BCUT2D eigenvalue weighted by Crippen LogP contribution is 2.54. The van der Waals surface area contributed by atoms with Crippen molar-refractivity contribution in [3.05, 3.63) is 71.8 Å². The van der Waals surface area contributed by atoms with E-state index in [-0.39, 0.29) is 26.4 Å². The van der Waals surface area contributed by atoms with Crippen LogP contribution in [0.5, 0.6) is 0 Å². The van der Waals surface area contributed by atoms with Crippen molar-refractivity contribution >= 4 is 7.82 Å². The maximum absolute atomic E-state index is 13.7. The van der Waals surface area contributed by atoms with Gasteiger partial charge in [0.2, 0.25) is 5.79 Å². The van der Waals surface area contributed by atoms with Crippen LogP contribution in [-0.4, -0.2) is 48.9 Å². The molecular formula is C26H33O9P. The predicted molar refractivity (Wildman–Crippen MR) is 129 cm³/mol. The predicted octanol–water partition coefficient (Wildman–Crippen LogP) is 4.94. The van der Waals surface area contributed by atoms with Gasteiger partial charge < -0.3 is 23.7 Å². The normalized spacial score (nSPS) is 30.6. The van der Waals surface area contributed by atoms with E-state index >= 15 is 0 Å². The number of rotatable bonds is 9. The van der Waals surface area contributed by atoms with E-state index in [4.69, 9.17) is 37.3 Å². The van der Waals surface area contributed by atoms with Crippen LogP contribution in [0.25, 0.3) is 0 Å². The molecule has 2 aromatic carbocycles. The fraction of sp³-hybridized carbons (Fsp3) is 0.538. The van der Waals surface area contributed by atoms with Gasteiger partial charge in [-0.1, -0.05) is 60.7 Å². The van der Waals surface area contributed by atoms with Crippen LogP contribution in [0.2, 0.25) is 0 Å². The third-order valence-electron chi connectivity index (χ3n) is 6.18. The zero-order chi connectivity index (χ0) is 25.4. The minimum Gasteiger partial charge on any atom is -0.345 e. The lowest BCUT2D eigenvalue weighted by molar-refractivity contribution is -0.297. The molecule has 0 N–H and O–H groups in total. The molecular weight excluding hydrogens is 487 g/mol. The minimum atomic E-state index is -3.99. The smallest absolute Gasteiger partial charge is 0.345 e. The monoisotopic (exact) mass is 520 g/mol. The fourth-order valence-corrected chi connectivity index (χ4v) is 5.77. The maximum atomic E-state index is 13.7. The number of hydrogen-bond donors (Lipinski definition) is 0. The van der Waals surface area contributed by atoms with E-state index in [9.17, 15) is 4.57 Å². The number of fused-ring (bicyclic) bond motifs is 2. The fourth-order valence-electron chi connectivity index (χ4n) is 4.60. The van der Waals surface area contributed by atoms with E-state index in [2.05, 4.69) is 0 Å². The molecule has 196 valence electrons. The Bertz CT molecular complexity index is 1030. The van der Waals surface area contributed by atoms with Crippen LogP contribution in [0.1, 0.15) is 38.8 Å². The molecule has 10 heteroatoms. The Kier molecular flexibility index (Phi) is 7.15. The molecule has 0 unspecified atom stereocenters. The van der Waals surface area contributed by atoms with Gasteiger partial charge in [-0.2, -0.15) is 0 Å². The zero-order valence-corrected chi connectivity index (χ0v) is 21.8. The van der Waals surface area contributed by atoms with E-state index in [1.54, 1.807) is 0 Å². The van der Waals surface area contributed by atoms with Crippen molar-refractivity contribution in [3.8, 4) is 0 Å². The average Bonchev–Trinajstić information content (AvgIpc) is 3.45. The Morgan fingerprint density at radius 1 is 0.806 bits per heavy atom. The number of hydrogen-bond acceptors (Lipinski definition) is 9. The quantitative estimate of drug-likeness (QED) is 0.426. The van der Waals surface area contributed by atoms with Gasteiger partial charge in [-0.05, 0) is 38.8 Å². The molecule has 3 aliphatic rings. The molecule has 0 aromatic heterocycles. The second kappa shape index (κ2) is 9.91. The van der Waals surface area contributed by atoms with Crippen LogP contribution in [0, 0.1) is 0 Å². The van der Waals surface area contributed by atoms with Crippen LogP contribution in [0.3, 0.4) is 0 Å². The van der Waals surface area contributed by atoms with Crippen molar-refractivity contribution in [1.29, 1.82) is 0 Å². The molecule has 0 amide bonds. The Labute approximate surface area is 211 Å². The van der Waals surface area contributed by atoms with Crippen molar-refractivity contribution in [2.24, 2.45) is 0 Å². The lowest BCUT2D eigenvalue weighted by Crippen LogP contribution is -2.46. The van der Waals surface area contributed by atoms with Crippen molar-refractivity contribution in [3.63, 3.8) is 0 Å². The molecule has 3 aliphatic heterocycles. The zero-order valence-electron chi connectivity index (χ0n) is 21.0. The van der Waals surface area contributed by atoms with Crippen molar-refractivity contribution < 1.29 is 41.8 Å². The Hall–Kier alpha value is -1.65. The van der Waals surface area contributed by atoms with Gasteiger partial charge in [0.25, 0.3) is 0 Å². The lowest BCUT2D eigenvalue weighted by Gasteiger charge is -2.30. The second-order valence-corrected chi connectivity index (χ2v) is 11.7. The van der Waals surface area contributed by atoms with Gasteiger partial charge in [0.15, 0.2) is 11.6 Å². The Morgan fingerprint density at radius 2 is 1.39 bits per heavy atom. The third-order valence-corrected chi connectivity index (χ3v) is 7.54. The third kappa shape index (κ3) is 5.75. The van der Waals surface area contributed by atoms with Gasteiger partial charge in [0.05, 0.1) is 19.8 Å². The molecule has 0 aliphatic carbocycles. The lowest BCUT2D eigenvalue weighted by atomic mass is 10.1. The van der Waals surface area contributed by atoms with Gasteiger partial charge in [-0.15, -0.1) is 0 Å². The Balaban J connectivity index is 1.30. The standard InChI is InChI=1S/C26H33O9P/c1-24(2)28-18-26(35-24)23-22(33-25(3,4)34-23)21(32-26)17-31-36(27,29-15-19-11-7-5-8-12-19)30-16-20-13-9-6-10-14-20/h5-14,21-23H,15-18H2,1-4H3/t21-,22+,23+,26-/m1/s1. The summed E-state index contributed by atoms with van der Waals surface area (Å²) in [6.45, 7) is 7.46. The molecule has 1 spiro atoms. The first kappa shape index (κ1) is 26.0. The summed E-state index contributed by atoms with van der Waals surface area (Å²) in [5, 5.41) is 0. The van der Waals surface area contributed by atoms with Crippen LogP contribution < -0.4 is 0 Å². The van der Waals surface area contributed by atoms with Gasteiger partial charge >= 0.3 is 7.82 Å². The van der Waals surface area contributed by atoms with Crippen molar-refractivity contribution in [1.82, 2.24) is 0 Å². The topological polar surface area (TPSA) is 90.9 Å². The summed E-state index contributed by atoms with van der Waals surface area (Å²) < 4.78 is 61.5. The van der Waals surface area contributed by atoms with Crippen LogP contribution in [-0.2, 0) is 55.0 Å². The van der Waals surface area contributed by atoms with Gasteiger partial charge in [-0.3, -0.25) is 13.6 Å². The summed E-state index contributed by atoms with van der Waals surface area (Å²) in [7, 11) is -3.99. The first-order chi connectivity index (χ1) is 17.1. The molecule has 9 nitrogen and oxygen atoms in total. The van der Waals surface area contributed by atoms with E-state index in [0.29, 0.717) is 0 Å². The molecule has 3 heterocycles. The number of phosphoric acid groups is 1. The van der Waals surface area contributed by atoms with E-state index in [0.717, 1.165) is 11.1 Å². The summed E-state index contributed by atoms with van der Waals surface area (Å²) in [6, 6.07) is 18.8. The summed E-state index contributed by atoms with van der Waals surface area (Å²) in [5.41, 5.74) is 1.68. The summed E-state index contributed by atoms with van der Waals surface area (Å²) in [4.78, 5) is 0. The van der Waals surface area contributed by atoms with E-state index in [1.165, 1.54) is 0 Å². The summed E-state index contributed by atoms with van der Waals surface area (Å²) in [5.74, 6) is -2.85. The van der Waals surface area contributed by atoms with Crippen LogP contribution in [0.15, 0.2) is 60.7 Å². The van der Waals surface area contributed by atoms with Crippen LogP contribution >= 0.6 is 7.82 Å².